The SMILES string of the molecule is Cc1ccc2cc(/C=C/B3OC(C)(C)C(C)(C)O3)ccc2n1. The fraction of sp³-hybridized carbons (Fsp3) is 0.389. The van der Waals surface area contributed by atoms with Gasteiger partial charge in [0.05, 0.1) is 16.7 Å². The van der Waals surface area contributed by atoms with E-state index in [1.807, 2.05) is 31.1 Å². The van der Waals surface area contributed by atoms with Gasteiger partial charge in [-0.25, -0.2) is 0 Å². The summed E-state index contributed by atoms with van der Waals surface area (Å²) in [5.41, 5.74) is 2.58. The molecule has 0 N–H and O–H groups in total. The van der Waals surface area contributed by atoms with Gasteiger partial charge in [-0.15, -0.1) is 0 Å². The zero-order valence-corrected chi connectivity index (χ0v) is 13.9. The molecular formula is C18H22BNO2. The molecule has 0 bridgehead atoms. The van der Waals surface area contributed by atoms with Gasteiger partial charge in [0, 0.05) is 11.1 Å². The Labute approximate surface area is 132 Å². The van der Waals surface area contributed by atoms with E-state index in [4.69, 9.17) is 9.31 Å². The number of pyridine rings is 1. The molecule has 114 valence electrons. The normalized spacial score (nSPS) is 20.1. The summed E-state index contributed by atoms with van der Waals surface area (Å²) >= 11 is 0. The molecule has 1 aromatic heterocycles. The third kappa shape index (κ3) is 2.81. The first-order valence-corrected chi connectivity index (χ1v) is 7.68. The van der Waals surface area contributed by atoms with Gasteiger partial charge in [0.2, 0.25) is 0 Å². The number of fused-ring (bicyclic) bond motifs is 1. The van der Waals surface area contributed by atoms with Crippen LogP contribution in [0, 0.1) is 6.92 Å². The van der Waals surface area contributed by atoms with Gasteiger partial charge in [0.1, 0.15) is 0 Å². The molecule has 0 radical (unpaired) electrons. The first-order chi connectivity index (χ1) is 10.3. The van der Waals surface area contributed by atoms with E-state index < -0.39 is 0 Å². The van der Waals surface area contributed by atoms with Crippen LogP contribution in [0.15, 0.2) is 36.3 Å². The Morgan fingerprint density at radius 2 is 1.68 bits per heavy atom. The second kappa shape index (κ2) is 5.22. The lowest BCUT2D eigenvalue weighted by Crippen LogP contribution is -2.41. The number of nitrogens with zero attached hydrogens (tertiary/aromatic N) is 1. The van der Waals surface area contributed by atoms with E-state index in [9.17, 15) is 0 Å². The molecule has 0 amide bonds. The molecule has 2 heterocycles. The maximum absolute atomic E-state index is 5.97. The van der Waals surface area contributed by atoms with E-state index in [2.05, 4.69) is 50.9 Å². The minimum absolute atomic E-state index is 0.299. The molecule has 0 saturated carbocycles. The average Bonchev–Trinajstić information content (AvgIpc) is 2.64. The second-order valence-electron chi connectivity index (χ2n) is 6.89. The summed E-state index contributed by atoms with van der Waals surface area (Å²) in [5, 5.41) is 1.14. The highest BCUT2D eigenvalue weighted by atomic mass is 16.7. The molecule has 2 aromatic rings. The largest absolute Gasteiger partial charge is 0.487 e. The third-order valence-electron chi connectivity index (χ3n) is 4.57. The standard InChI is InChI=1S/C18H22BNO2/c1-13-6-8-15-12-14(7-9-16(15)20-13)10-11-19-21-17(2,3)18(4,5)22-19/h6-12H,1-5H3/b11-10+. The van der Waals surface area contributed by atoms with Crippen LogP contribution >= 0.6 is 0 Å². The van der Waals surface area contributed by atoms with E-state index in [1.165, 1.54) is 0 Å². The predicted octanol–water partition coefficient (Wildman–Crippen LogP) is 4.19. The Bertz CT molecular complexity index is 721. The lowest BCUT2D eigenvalue weighted by Gasteiger charge is -2.32. The summed E-state index contributed by atoms with van der Waals surface area (Å²) in [6, 6.07) is 10.4. The summed E-state index contributed by atoms with van der Waals surface area (Å²) in [6.45, 7) is 10.2. The van der Waals surface area contributed by atoms with Crippen LogP contribution in [0.5, 0.6) is 0 Å². The maximum Gasteiger partial charge on any atom is 0.487 e. The van der Waals surface area contributed by atoms with Gasteiger partial charge in [0.25, 0.3) is 0 Å². The zero-order chi connectivity index (χ0) is 16.0. The van der Waals surface area contributed by atoms with Crippen molar-refractivity contribution in [3.8, 4) is 0 Å². The van der Waals surface area contributed by atoms with Crippen molar-refractivity contribution in [1.29, 1.82) is 0 Å². The second-order valence-corrected chi connectivity index (χ2v) is 6.89. The van der Waals surface area contributed by atoms with Crippen LogP contribution in [0.25, 0.3) is 17.0 Å². The van der Waals surface area contributed by atoms with Crippen molar-refractivity contribution >= 4 is 24.1 Å². The third-order valence-corrected chi connectivity index (χ3v) is 4.57. The summed E-state index contributed by atoms with van der Waals surface area (Å²) in [6.07, 6.45) is 2.04. The van der Waals surface area contributed by atoms with Crippen LogP contribution in [0.4, 0.5) is 0 Å². The number of aromatic nitrogens is 1. The minimum atomic E-state index is -0.308. The highest BCUT2D eigenvalue weighted by Crippen LogP contribution is 2.37. The molecule has 3 nitrogen and oxygen atoms in total. The van der Waals surface area contributed by atoms with Crippen LogP contribution < -0.4 is 0 Å². The van der Waals surface area contributed by atoms with Crippen LogP contribution in [0.1, 0.15) is 39.0 Å². The number of aryl methyl sites for hydroxylation is 1. The lowest BCUT2D eigenvalue weighted by molar-refractivity contribution is 0.00578. The van der Waals surface area contributed by atoms with Crippen molar-refractivity contribution in [2.75, 3.05) is 0 Å². The van der Waals surface area contributed by atoms with Crippen molar-refractivity contribution < 1.29 is 9.31 Å². The van der Waals surface area contributed by atoms with Crippen LogP contribution in [0.3, 0.4) is 0 Å². The Hall–Kier alpha value is -1.65. The summed E-state index contributed by atoms with van der Waals surface area (Å²) < 4.78 is 11.9. The Morgan fingerprint density at radius 3 is 2.36 bits per heavy atom. The molecule has 22 heavy (non-hydrogen) atoms. The van der Waals surface area contributed by atoms with Crippen molar-refractivity contribution in [2.24, 2.45) is 0 Å². The molecular weight excluding hydrogens is 273 g/mol. The number of rotatable bonds is 2. The molecule has 1 saturated heterocycles. The molecule has 0 atom stereocenters. The number of hydrogen-bond donors (Lipinski definition) is 0. The molecule has 1 aromatic carbocycles. The molecule has 3 rings (SSSR count). The molecule has 0 aliphatic carbocycles. The first-order valence-electron chi connectivity index (χ1n) is 7.68. The lowest BCUT2D eigenvalue weighted by atomic mass is 9.89. The van der Waals surface area contributed by atoms with Gasteiger partial charge in [-0.2, -0.15) is 0 Å². The average molecular weight is 295 g/mol. The fourth-order valence-electron chi connectivity index (χ4n) is 2.51. The summed E-state index contributed by atoms with van der Waals surface area (Å²) in [7, 11) is -0.308. The molecule has 1 aliphatic heterocycles. The topological polar surface area (TPSA) is 31.4 Å². The van der Waals surface area contributed by atoms with Crippen molar-refractivity contribution in [3.63, 3.8) is 0 Å². The molecule has 1 fully saturated rings. The fourth-order valence-corrected chi connectivity index (χ4v) is 2.51. The highest BCUT2D eigenvalue weighted by Gasteiger charge is 2.49. The molecule has 0 spiro atoms. The Balaban J connectivity index is 1.80. The monoisotopic (exact) mass is 295 g/mol. The van der Waals surface area contributed by atoms with E-state index in [1.54, 1.807) is 0 Å². The van der Waals surface area contributed by atoms with Crippen molar-refractivity contribution in [1.82, 2.24) is 4.98 Å². The summed E-state index contributed by atoms with van der Waals surface area (Å²) in [5.74, 6) is 1.97. The smallest absolute Gasteiger partial charge is 0.400 e. The number of hydrogen-bond acceptors (Lipinski definition) is 3. The van der Waals surface area contributed by atoms with E-state index >= 15 is 0 Å². The van der Waals surface area contributed by atoms with Gasteiger partial charge >= 0.3 is 7.12 Å². The van der Waals surface area contributed by atoms with E-state index in [0.717, 1.165) is 22.2 Å². The maximum atomic E-state index is 5.97. The Kier molecular flexibility index (Phi) is 3.62. The van der Waals surface area contributed by atoms with E-state index in [-0.39, 0.29) is 18.3 Å². The molecule has 1 aliphatic rings. The van der Waals surface area contributed by atoms with Gasteiger partial charge in [-0.05, 0) is 58.4 Å². The van der Waals surface area contributed by atoms with Gasteiger partial charge in [-0.3, -0.25) is 4.98 Å². The van der Waals surface area contributed by atoms with Gasteiger partial charge in [-0.1, -0.05) is 24.2 Å². The summed E-state index contributed by atoms with van der Waals surface area (Å²) in [4.78, 5) is 4.52. The predicted molar refractivity (Wildman–Crippen MR) is 91.6 cm³/mol. The molecule has 4 heteroatoms. The van der Waals surface area contributed by atoms with Gasteiger partial charge in [0.15, 0.2) is 0 Å². The van der Waals surface area contributed by atoms with Crippen molar-refractivity contribution in [3.05, 3.63) is 47.6 Å². The molecule has 0 unspecified atom stereocenters. The van der Waals surface area contributed by atoms with Gasteiger partial charge < -0.3 is 9.31 Å². The van der Waals surface area contributed by atoms with Crippen LogP contribution in [-0.4, -0.2) is 23.3 Å². The highest BCUT2D eigenvalue weighted by molar-refractivity contribution is 6.52. The van der Waals surface area contributed by atoms with Crippen LogP contribution in [-0.2, 0) is 9.31 Å². The van der Waals surface area contributed by atoms with E-state index in [0.29, 0.717) is 0 Å². The Morgan fingerprint density at radius 1 is 1.00 bits per heavy atom. The van der Waals surface area contributed by atoms with Crippen molar-refractivity contribution in [2.45, 2.75) is 45.8 Å². The quantitative estimate of drug-likeness (QED) is 0.779. The zero-order valence-electron chi connectivity index (χ0n) is 13.9. The van der Waals surface area contributed by atoms with Crippen LogP contribution in [0.2, 0.25) is 0 Å². The first kappa shape index (κ1) is 15.3. The minimum Gasteiger partial charge on any atom is -0.400 e. The number of benzene rings is 1.